The quantitative estimate of drug-likeness (QED) is 0.826. The molecule has 2 aromatic rings. The van der Waals surface area contributed by atoms with E-state index in [1.54, 1.807) is 0 Å². The first-order valence-electron chi connectivity index (χ1n) is 5.41. The summed E-state index contributed by atoms with van der Waals surface area (Å²) in [7, 11) is 1.38. The van der Waals surface area contributed by atoms with E-state index < -0.39 is 11.6 Å². The molecule has 0 unspecified atom stereocenters. The van der Waals surface area contributed by atoms with Crippen LogP contribution < -0.4 is 9.47 Å². The number of rotatable bonds is 4. The van der Waals surface area contributed by atoms with Crippen molar-refractivity contribution in [2.24, 2.45) is 0 Å². The van der Waals surface area contributed by atoms with Gasteiger partial charge in [0, 0.05) is 0 Å². The second kappa shape index (κ2) is 5.49. The Bertz CT molecular complexity index is 527. The van der Waals surface area contributed by atoms with Crippen molar-refractivity contribution in [1.29, 1.82) is 0 Å². The largest absolute Gasteiger partial charge is 0.493 e. The molecule has 2 rings (SSSR count). The predicted molar refractivity (Wildman–Crippen MR) is 63.7 cm³/mol. The fourth-order valence-electron chi connectivity index (χ4n) is 1.54. The van der Waals surface area contributed by atoms with Crippen molar-refractivity contribution < 1.29 is 18.3 Å². The number of benzene rings is 2. The number of methoxy groups -OCH3 is 1. The van der Waals surface area contributed by atoms with Crippen LogP contribution in [0.2, 0.25) is 0 Å². The zero-order valence-electron chi connectivity index (χ0n) is 9.82. The first-order chi connectivity index (χ1) is 8.72. The second-order valence-electron chi connectivity index (χ2n) is 3.67. The van der Waals surface area contributed by atoms with Crippen LogP contribution in [-0.2, 0) is 6.61 Å². The van der Waals surface area contributed by atoms with Crippen LogP contribution in [0.3, 0.4) is 0 Å². The van der Waals surface area contributed by atoms with Crippen molar-refractivity contribution in [3.05, 3.63) is 59.7 Å². The Hall–Kier alpha value is -2.10. The van der Waals surface area contributed by atoms with Gasteiger partial charge < -0.3 is 9.47 Å². The van der Waals surface area contributed by atoms with E-state index >= 15 is 0 Å². The molecule has 2 nitrogen and oxygen atoms in total. The molecule has 0 atom stereocenters. The Labute approximate surface area is 104 Å². The molecule has 0 aliphatic heterocycles. The predicted octanol–water partition coefficient (Wildman–Crippen LogP) is 3.55. The van der Waals surface area contributed by atoms with Crippen molar-refractivity contribution in [2.45, 2.75) is 6.61 Å². The third-order valence-electron chi connectivity index (χ3n) is 2.46. The number of ether oxygens (including phenoxy) is 2. The smallest absolute Gasteiger partial charge is 0.204 e. The van der Waals surface area contributed by atoms with Gasteiger partial charge in [0.25, 0.3) is 0 Å². The minimum absolute atomic E-state index is 0.150. The lowest BCUT2D eigenvalue weighted by molar-refractivity contribution is 0.264. The van der Waals surface area contributed by atoms with Crippen molar-refractivity contribution in [2.75, 3.05) is 7.11 Å². The third-order valence-corrected chi connectivity index (χ3v) is 2.46. The number of halogens is 2. The highest BCUT2D eigenvalue weighted by Gasteiger charge is 2.15. The van der Waals surface area contributed by atoms with Gasteiger partial charge in [-0.25, -0.2) is 4.39 Å². The van der Waals surface area contributed by atoms with Crippen LogP contribution in [0.1, 0.15) is 5.56 Å². The fraction of sp³-hybridized carbons (Fsp3) is 0.143. The Balaban J connectivity index is 2.21. The van der Waals surface area contributed by atoms with E-state index in [0.717, 1.165) is 11.6 Å². The van der Waals surface area contributed by atoms with E-state index in [2.05, 4.69) is 0 Å². The SMILES string of the molecule is COc1ccc(F)c(F)c1OCc1ccccc1. The molecule has 0 aliphatic carbocycles. The topological polar surface area (TPSA) is 18.5 Å². The minimum atomic E-state index is -1.04. The molecular formula is C14H12F2O2. The van der Waals surface area contributed by atoms with Crippen molar-refractivity contribution >= 4 is 0 Å². The van der Waals surface area contributed by atoms with E-state index in [1.807, 2.05) is 30.3 Å². The Morgan fingerprint density at radius 1 is 1.00 bits per heavy atom. The molecule has 0 amide bonds. The summed E-state index contributed by atoms with van der Waals surface area (Å²) >= 11 is 0. The molecule has 0 saturated carbocycles. The summed E-state index contributed by atoms with van der Waals surface area (Å²) in [6.45, 7) is 0.150. The maximum Gasteiger partial charge on any atom is 0.204 e. The normalized spacial score (nSPS) is 10.2. The molecule has 0 bridgehead atoms. The van der Waals surface area contributed by atoms with Crippen molar-refractivity contribution in [3.8, 4) is 11.5 Å². The van der Waals surface area contributed by atoms with E-state index in [9.17, 15) is 8.78 Å². The molecule has 0 N–H and O–H groups in total. The summed E-state index contributed by atoms with van der Waals surface area (Å²) in [5, 5.41) is 0. The fourth-order valence-corrected chi connectivity index (χ4v) is 1.54. The minimum Gasteiger partial charge on any atom is -0.493 e. The average molecular weight is 250 g/mol. The van der Waals surface area contributed by atoms with Gasteiger partial charge in [0.1, 0.15) is 6.61 Å². The molecule has 0 aliphatic rings. The van der Waals surface area contributed by atoms with Crippen LogP contribution >= 0.6 is 0 Å². The molecule has 18 heavy (non-hydrogen) atoms. The number of hydrogen-bond donors (Lipinski definition) is 0. The Morgan fingerprint density at radius 3 is 2.39 bits per heavy atom. The molecule has 94 valence electrons. The molecule has 0 fully saturated rings. The van der Waals surface area contributed by atoms with Gasteiger partial charge in [0.2, 0.25) is 11.6 Å². The lowest BCUT2D eigenvalue weighted by Gasteiger charge is -2.11. The van der Waals surface area contributed by atoms with Gasteiger partial charge in [-0.1, -0.05) is 30.3 Å². The van der Waals surface area contributed by atoms with Crippen LogP contribution in [0, 0.1) is 11.6 Å². The highest BCUT2D eigenvalue weighted by Crippen LogP contribution is 2.32. The molecular weight excluding hydrogens is 238 g/mol. The van der Waals surface area contributed by atoms with Gasteiger partial charge in [0.05, 0.1) is 7.11 Å². The van der Waals surface area contributed by atoms with Crippen LogP contribution in [0.4, 0.5) is 8.78 Å². The average Bonchev–Trinajstić information content (AvgIpc) is 2.41. The van der Waals surface area contributed by atoms with E-state index in [4.69, 9.17) is 9.47 Å². The van der Waals surface area contributed by atoms with Gasteiger partial charge in [-0.2, -0.15) is 4.39 Å². The van der Waals surface area contributed by atoms with Gasteiger partial charge in [-0.15, -0.1) is 0 Å². The van der Waals surface area contributed by atoms with Gasteiger partial charge in [-0.3, -0.25) is 0 Å². The van der Waals surface area contributed by atoms with Crippen LogP contribution in [0.15, 0.2) is 42.5 Å². The van der Waals surface area contributed by atoms with E-state index in [0.29, 0.717) is 0 Å². The third kappa shape index (κ3) is 2.59. The van der Waals surface area contributed by atoms with E-state index in [1.165, 1.54) is 13.2 Å². The Morgan fingerprint density at radius 2 is 1.72 bits per heavy atom. The summed E-state index contributed by atoms with van der Waals surface area (Å²) in [4.78, 5) is 0. The van der Waals surface area contributed by atoms with Crippen LogP contribution in [-0.4, -0.2) is 7.11 Å². The zero-order valence-corrected chi connectivity index (χ0v) is 9.82. The van der Waals surface area contributed by atoms with Crippen LogP contribution in [0.5, 0.6) is 11.5 Å². The molecule has 0 aromatic heterocycles. The summed E-state index contributed by atoms with van der Waals surface area (Å²) in [5.74, 6) is -2.03. The number of hydrogen-bond acceptors (Lipinski definition) is 2. The first-order valence-corrected chi connectivity index (χ1v) is 5.41. The lowest BCUT2D eigenvalue weighted by Crippen LogP contribution is -2.01. The van der Waals surface area contributed by atoms with Crippen molar-refractivity contribution in [1.82, 2.24) is 0 Å². The maximum atomic E-state index is 13.6. The zero-order chi connectivity index (χ0) is 13.0. The van der Waals surface area contributed by atoms with Gasteiger partial charge in [0.15, 0.2) is 11.6 Å². The molecule has 0 saturated heterocycles. The first kappa shape index (κ1) is 12.4. The molecule has 0 heterocycles. The lowest BCUT2D eigenvalue weighted by atomic mass is 10.2. The van der Waals surface area contributed by atoms with Crippen LogP contribution in [0.25, 0.3) is 0 Å². The summed E-state index contributed by atoms with van der Waals surface area (Å²) in [6, 6.07) is 11.6. The van der Waals surface area contributed by atoms with Gasteiger partial charge in [-0.05, 0) is 17.7 Å². The Kier molecular flexibility index (Phi) is 3.77. The molecule has 4 heteroatoms. The van der Waals surface area contributed by atoms with Crippen molar-refractivity contribution in [3.63, 3.8) is 0 Å². The van der Waals surface area contributed by atoms with E-state index in [-0.39, 0.29) is 18.1 Å². The molecule has 0 spiro atoms. The summed E-state index contributed by atoms with van der Waals surface area (Å²) in [5.41, 5.74) is 0.864. The highest BCUT2D eigenvalue weighted by molar-refractivity contribution is 5.41. The summed E-state index contributed by atoms with van der Waals surface area (Å²) in [6.07, 6.45) is 0. The monoisotopic (exact) mass is 250 g/mol. The molecule has 0 radical (unpaired) electrons. The highest BCUT2D eigenvalue weighted by atomic mass is 19.2. The molecule has 2 aromatic carbocycles. The van der Waals surface area contributed by atoms with Gasteiger partial charge >= 0.3 is 0 Å². The second-order valence-corrected chi connectivity index (χ2v) is 3.67. The maximum absolute atomic E-state index is 13.6. The standard InChI is InChI=1S/C14H12F2O2/c1-17-12-8-7-11(15)13(16)14(12)18-9-10-5-3-2-4-6-10/h2-8H,9H2,1H3. The summed E-state index contributed by atoms with van der Waals surface area (Å²) < 4.78 is 36.9.